The molecule has 1 heterocycles. The molecule has 0 radical (unpaired) electrons. The number of rotatable bonds is 8. The van der Waals surface area contributed by atoms with Crippen molar-refractivity contribution in [2.45, 2.75) is 25.3 Å². The average Bonchev–Trinajstić information content (AvgIpc) is 2.95. The van der Waals surface area contributed by atoms with Crippen LogP contribution in [0, 0.1) is 0 Å². The molecule has 1 atom stereocenters. The highest BCUT2D eigenvalue weighted by molar-refractivity contribution is 7.09. The van der Waals surface area contributed by atoms with Crippen LogP contribution in [0.5, 0.6) is 0 Å². The minimum atomic E-state index is -1.05. The van der Waals surface area contributed by atoms with E-state index in [9.17, 15) is 14.7 Å². The van der Waals surface area contributed by atoms with E-state index in [0.29, 0.717) is 18.7 Å². The summed E-state index contributed by atoms with van der Waals surface area (Å²) in [4.78, 5) is 27.7. The number of nitrogens with zero attached hydrogens (tertiary/aromatic N) is 1. The maximum Gasteiger partial charge on any atom is 0.326 e. The van der Waals surface area contributed by atoms with E-state index in [1.165, 1.54) is 11.3 Å². The van der Waals surface area contributed by atoms with Crippen molar-refractivity contribution in [3.8, 4) is 0 Å². The molecule has 0 aliphatic rings. The van der Waals surface area contributed by atoms with Gasteiger partial charge in [-0.3, -0.25) is 4.79 Å². The van der Waals surface area contributed by atoms with Crippen LogP contribution in [0.2, 0.25) is 0 Å². The average molecular weight is 333 g/mol. The van der Waals surface area contributed by atoms with Crippen LogP contribution in [0.3, 0.4) is 0 Å². The van der Waals surface area contributed by atoms with Crippen LogP contribution < -0.4 is 11.1 Å². The molecule has 1 aromatic heterocycles. The van der Waals surface area contributed by atoms with E-state index in [4.69, 9.17) is 5.73 Å². The fourth-order valence-electron chi connectivity index (χ4n) is 2.13. The van der Waals surface area contributed by atoms with Gasteiger partial charge in [0.2, 0.25) is 5.91 Å². The monoisotopic (exact) mass is 333 g/mol. The van der Waals surface area contributed by atoms with Gasteiger partial charge in [-0.05, 0) is 12.1 Å². The molecule has 0 aliphatic carbocycles. The Morgan fingerprint density at radius 3 is 2.70 bits per heavy atom. The number of carboxylic acids is 1. The number of carbonyl (C=O) groups excluding carboxylic acids is 1. The number of nitrogens with one attached hydrogen (secondary N) is 1. The van der Waals surface area contributed by atoms with Crippen LogP contribution >= 0.6 is 11.3 Å². The Hall–Kier alpha value is -2.25. The molecule has 0 bridgehead atoms. The Bertz CT molecular complexity index is 658. The van der Waals surface area contributed by atoms with E-state index < -0.39 is 12.0 Å². The van der Waals surface area contributed by atoms with Crippen molar-refractivity contribution in [2.75, 3.05) is 6.54 Å². The number of aromatic nitrogens is 1. The van der Waals surface area contributed by atoms with E-state index in [0.717, 1.165) is 10.6 Å². The van der Waals surface area contributed by atoms with Gasteiger partial charge in [0.15, 0.2) is 0 Å². The molecule has 0 spiro atoms. The molecule has 1 aromatic carbocycles. The molecule has 1 amide bonds. The lowest BCUT2D eigenvalue weighted by Crippen LogP contribution is -2.43. The number of aliphatic carboxylic acids is 1. The smallest absolute Gasteiger partial charge is 0.326 e. The van der Waals surface area contributed by atoms with Gasteiger partial charge in [-0.2, -0.15) is 0 Å². The number of hydrogen-bond acceptors (Lipinski definition) is 5. The van der Waals surface area contributed by atoms with Crippen molar-refractivity contribution in [2.24, 2.45) is 5.73 Å². The van der Waals surface area contributed by atoms with E-state index in [1.807, 2.05) is 30.3 Å². The fraction of sp³-hybridized carbons (Fsp3) is 0.312. The van der Waals surface area contributed by atoms with Gasteiger partial charge >= 0.3 is 5.97 Å². The molecule has 1 unspecified atom stereocenters. The number of amides is 1. The zero-order valence-corrected chi connectivity index (χ0v) is 13.4. The lowest BCUT2D eigenvalue weighted by Gasteiger charge is -2.14. The largest absolute Gasteiger partial charge is 0.480 e. The SMILES string of the molecule is NCCc1nc(CC(=O)NC(Cc2ccccc2)C(=O)O)cs1. The molecule has 23 heavy (non-hydrogen) atoms. The summed E-state index contributed by atoms with van der Waals surface area (Å²) >= 11 is 1.46. The van der Waals surface area contributed by atoms with E-state index in [1.54, 1.807) is 5.38 Å². The molecule has 2 rings (SSSR count). The summed E-state index contributed by atoms with van der Waals surface area (Å²) in [6.07, 6.45) is 0.995. The molecule has 0 aliphatic heterocycles. The number of thiazole rings is 1. The Labute approximate surface area is 138 Å². The quantitative estimate of drug-likeness (QED) is 0.668. The summed E-state index contributed by atoms with van der Waals surface area (Å²) in [7, 11) is 0. The number of carboxylic acid groups (broad SMARTS) is 1. The first kappa shape index (κ1) is 17.1. The van der Waals surface area contributed by atoms with Gasteiger partial charge in [-0.1, -0.05) is 30.3 Å². The molecular formula is C16H19N3O3S. The Kier molecular flexibility index (Phi) is 6.25. The van der Waals surface area contributed by atoms with Gasteiger partial charge in [0.05, 0.1) is 17.1 Å². The Morgan fingerprint density at radius 2 is 2.04 bits per heavy atom. The number of benzene rings is 1. The maximum atomic E-state index is 12.1. The van der Waals surface area contributed by atoms with E-state index >= 15 is 0 Å². The second-order valence-corrected chi connectivity index (χ2v) is 6.04. The molecular weight excluding hydrogens is 314 g/mol. The topological polar surface area (TPSA) is 105 Å². The van der Waals surface area contributed by atoms with Crippen molar-refractivity contribution in [3.63, 3.8) is 0 Å². The third-order valence-corrected chi connectivity index (χ3v) is 4.17. The van der Waals surface area contributed by atoms with Crippen LogP contribution in [-0.2, 0) is 28.9 Å². The van der Waals surface area contributed by atoms with Gasteiger partial charge in [0, 0.05) is 18.2 Å². The summed E-state index contributed by atoms with van der Waals surface area (Å²) in [5.74, 6) is -1.40. The second kappa shape index (κ2) is 8.40. The van der Waals surface area contributed by atoms with Crippen LogP contribution in [0.1, 0.15) is 16.3 Å². The number of carbonyl (C=O) groups is 2. The summed E-state index contributed by atoms with van der Waals surface area (Å²) < 4.78 is 0. The first-order chi connectivity index (χ1) is 11.1. The van der Waals surface area contributed by atoms with Gasteiger partial charge in [-0.25, -0.2) is 9.78 Å². The molecule has 6 nitrogen and oxygen atoms in total. The minimum Gasteiger partial charge on any atom is -0.480 e. The zero-order valence-electron chi connectivity index (χ0n) is 12.6. The molecule has 0 saturated carbocycles. The summed E-state index contributed by atoms with van der Waals surface area (Å²) in [5, 5.41) is 14.5. The molecule has 0 saturated heterocycles. The van der Waals surface area contributed by atoms with Crippen LogP contribution in [0.25, 0.3) is 0 Å². The maximum absolute atomic E-state index is 12.1. The molecule has 4 N–H and O–H groups in total. The highest BCUT2D eigenvalue weighted by Crippen LogP contribution is 2.11. The van der Waals surface area contributed by atoms with E-state index in [2.05, 4.69) is 10.3 Å². The number of nitrogens with two attached hydrogens (primary N) is 1. The van der Waals surface area contributed by atoms with Crippen molar-refractivity contribution in [1.29, 1.82) is 0 Å². The lowest BCUT2D eigenvalue weighted by atomic mass is 10.1. The molecule has 122 valence electrons. The van der Waals surface area contributed by atoms with Crippen LogP contribution in [0.15, 0.2) is 35.7 Å². The van der Waals surface area contributed by atoms with Crippen LogP contribution in [-0.4, -0.2) is 34.6 Å². The van der Waals surface area contributed by atoms with Crippen molar-refractivity contribution < 1.29 is 14.7 Å². The highest BCUT2D eigenvalue weighted by Gasteiger charge is 2.20. The van der Waals surface area contributed by atoms with Crippen molar-refractivity contribution in [3.05, 3.63) is 52.0 Å². The second-order valence-electron chi connectivity index (χ2n) is 5.10. The predicted molar refractivity (Wildman–Crippen MR) is 88.3 cm³/mol. The van der Waals surface area contributed by atoms with Crippen molar-refractivity contribution in [1.82, 2.24) is 10.3 Å². The molecule has 0 fully saturated rings. The highest BCUT2D eigenvalue weighted by atomic mass is 32.1. The number of hydrogen-bond donors (Lipinski definition) is 3. The third-order valence-electron chi connectivity index (χ3n) is 3.22. The Morgan fingerprint density at radius 1 is 1.30 bits per heavy atom. The summed E-state index contributed by atoms with van der Waals surface area (Å²) in [6.45, 7) is 0.511. The van der Waals surface area contributed by atoms with Gasteiger partial charge in [0.25, 0.3) is 0 Å². The summed E-state index contributed by atoms with van der Waals surface area (Å²) in [6, 6.07) is 8.25. The third kappa shape index (κ3) is 5.46. The van der Waals surface area contributed by atoms with E-state index in [-0.39, 0.29) is 18.7 Å². The van der Waals surface area contributed by atoms with Crippen molar-refractivity contribution >= 4 is 23.2 Å². The van der Waals surface area contributed by atoms with Crippen LogP contribution in [0.4, 0.5) is 0 Å². The Balaban J connectivity index is 1.93. The van der Waals surface area contributed by atoms with Gasteiger partial charge in [-0.15, -0.1) is 11.3 Å². The first-order valence-electron chi connectivity index (χ1n) is 7.28. The lowest BCUT2D eigenvalue weighted by molar-refractivity contribution is -0.141. The predicted octanol–water partition coefficient (Wildman–Crippen LogP) is 0.999. The normalized spacial score (nSPS) is 11.9. The molecule has 7 heteroatoms. The first-order valence-corrected chi connectivity index (χ1v) is 8.16. The summed E-state index contributed by atoms with van der Waals surface area (Å²) in [5.41, 5.74) is 6.96. The fourth-order valence-corrected chi connectivity index (χ4v) is 2.94. The molecule has 2 aromatic rings. The standard InChI is InChI=1S/C16H19N3O3S/c17-7-6-15-18-12(10-23-15)9-14(20)19-13(16(21)22)8-11-4-2-1-3-5-11/h1-5,10,13H,6-9,17H2,(H,19,20)(H,21,22). The van der Waals surface area contributed by atoms with Gasteiger partial charge in [0.1, 0.15) is 6.04 Å². The zero-order chi connectivity index (χ0) is 16.7. The minimum absolute atomic E-state index is 0.0691. The van der Waals surface area contributed by atoms with Gasteiger partial charge < -0.3 is 16.2 Å².